The molecule has 0 bridgehead atoms. The minimum absolute atomic E-state index is 0.0665. The van der Waals surface area contributed by atoms with Gasteiger partial charge in [-0.3, -0.25) is 9.36 Å². The Morgan fingerprint density at radius 1 is 1.07 bits per heavy atom. The highest BCUT2D eigenvalue weighted by Crippen LogP contribution is 2.24. The summed E-state index contributed by atoms with van der Waals surface area (Å²) in [6, 6.07) is 15.3. The third-order valence-electron chi connectivity index (χ3n) is 4.08. The van der Waals surface area contributed by atoms with Crippen molar-refractivity contribution in [2.24, 2.45) is 7.05 Å². The van der Waals surface area contributed by atoms with E-state index in [1.54, 1.807) is 29.4 Å². The highest BCUT2D eigenvalue weighted by atomic mass is 32.2. The van der Waals surface area contributed by atoms with Crippen molar-refractivity contribution in [3.05, 3.63) is 64.8 Å². The molecular weight excluding hydrogens is 380 g/mol. The van der Waals surface area contributed by atoms with Gasteiger partial charge >= 0.3 is 0 Å². The van der Waals surface area contributed by atoms with Crippen LogP contribution < -0.4 is 5.56 Å². The van der Waals surface area contributed by atoms with Gasteiger partial charge < -0.3 is 4.52 Å². The van der Waals surface area contributed by atoms with Gasteiger partial charge in [0, 0.05) is 17.5 Å². The lowest BCUT2D eigenvalue weighted by Gasteiger charge is -2.07. The molecule has 0 atom stereocenters. The third kappa shape index (κ3) is 3.63. The molecule has 0 unspecified atom stereocenters. The Hall–Kier alpha value is -2.58. The van der Waals surface area contributed by atoms with Crippen LogP contribution in [-0.4, -0.2) is 25.9 Å². The fourth-order valence-corrected chi connectivity index (χ4v) is 3.84. The normalized spacial score (nSPS) is 11.2. The van der Waals surface area contributed by atoms with Crippen molar-refractivity contribution < 1.29 is 4.52 Å². The fraction of sp³-hybridized carbons (Fsp3) is 0.158. The second-order valence-electron chi connectivity index (χ2n) is 5.80. The van der Waals surface area contributed by atoms with Gasteiger partial charge in [-0.05, 0) is 42.7 Å². The summed E-state index contributed by atoms with van der Waals surface area (Å²) in [5, 5.41) is 5.27. The van der Waals surface area contributed by atoms with Gasteiger partial charge in [0.25, 0.3) is 5.56 Å². The van der Waals surface area contributed by atoms with Gasteiger partial charge in [0.2, 0.25) is 11.7 Å². The number of para-hydroxylation sites is 1. The number of benzene rings is 2. The maximum Gasteiger partial charge on any atom is 0.261 e. The summed E-state index contributed by atoms with van der Waals surface area (Å²) >= 11 is 3.08. The van der Waals surface area contributed by atoms with Crippen molar-refractivity contribution in [3.8, 4) is 11.4 Å². The van der Waals surface area contributed by atoms with Gasteiger partial charge in [0.1, 0.15) is 0 Å². The molecule has 0 radical (unpaired) electrons. The number of thioether (sulfide) groups is 2. The predicted octanol–water partition coefficient (Wildman–Crippen LogP) is 4.00. The molecule has 4 aromatic rings. The molecule has 2 aromatic heterocycles. The Morgan fingerprint density at radius 3 is 2.63 bits per heavy atom. The topological polar surface area (TPSA) is 73.8 Å². The molecule has 0 aliphatic rings. The quantitative estimate of drug-likeness (QED) is 0.373. The first-order chi connectivity index (χ1) is 13.2. The van der Waals surface area contributed by atoms with Crippen LogP contribution in [0.3, 0.4) is 0 Å². The molecule has 2 aromatic carbocycles. The van der Waals surface area contributed by atoms with Crippen LogP contribution >= 0.6 is 23.5 Å². The number of fused-ring (bicyclic) bond motifs is 1. The van der Waals surface area contributed by atoms with Gasteiger partial charge in [0.15, 0.2) is 5.16 Å². The standard InChI is InChI=1S/C19H16N4O2S2/c1-23-18(24)14-5-3-4-6-15(14)20-19(23)27-11-16-21-17(22-25-16)12-7-9-13(26-2)10-8-12/h3-10H,11H2,1-2H3. The van der Waals surface area contributed by atoms with Crippen LogP contribution in [0.2, 0.25) is 0 Å². The molecule has 8 heteroatoms. The van der Waals surface area contributed by atoms with Crippen LogP contribution in [0.25, 0.3) is 22.3 Å². The van der Waals surface area contributed by atoms with Gasteiger partial charge in [0.05, 0.1) is 16.7 Å². The lowest BCUT2D eigenvalue weighted by Crippen LogP contribution is -2.19. The number of nitrogens with zero attached hydrogens (tertiary/aromatic N) is 4. The van der Waals surface area contributed by atoms with Crippen LogP contribution in [0.4, 0.5) is 0 Å². The van der Waals surface area contributed by atoms with Crippen molar-refractivity contribution in [2.45, 2.75) is 15.8 Å². The van der Waals surface area contributed by atoms with Crippen LogP contribution in [0.5, 0.6) is 0 Å². The molecule has 6 nitrogen and oxygen atoms in total. The highest BCUT2D eigenvalue weighted by molar-refractivity contribution is 7.98. The molecule has 0 saturated heterocycles. The maximum absolute atomic E-state index is 12.5. The molecule has 0 fully saturated rings. The van der Waals surface area contributed by atoms with E-state index >= 15 is 0 Å². The molecule has 0 saturated carbocycles. The van der Waals surface area contributed by atoms with E-state index < -0.39 is 0 Å². The lowest BCUT2D eigenvalue weighted by molar-refractivity contribution is 0.391. The van der Waals surface area contributed by atoms with E-state index in [1.165, 1.54) is 16.7 Å². The van der Waals surface area contributed by atoms with Gasteiger partial charge in [-0.2, -0.15) is 4.98 Å². The number of rotatable bonds is 5. The van der Waals surface area contributed by atoms with Crippen LogP contribution in [-0.2, 0) is 12.8 Å². The summed E-state index contributed by atoms with van der Waals surface area (Å²) < 4.78 is 6.90. The summed E-state index contributed by atoms with van der Waals surface area (Å²) in [4.78, 5) is 22.7. The zero-order valence-electron chi connectivity index (χ0n) is 14.7. The second kappa shape index (κ2) is 7.58. The molecule has 0 aliphatic carbocycles. The molecule has 27 heavy (non-hydrogen) atoms. The van der Waals surface area contributed by atoms with Crippen molar-refractivity contribution in [1.29, 1.82) is 0 Å². The number of aromatic nitrogens is 4. The molecule has 0 aliphatic heterocycles. The maximum atomic E-state index is 12.5. The second-order valence-corrected chi connectivity index (χ2v) is 7.63. The van der Waals surface area contributed by atoms with Crippen LogP contribution in [0.15, 0.2) is 67.9 Å². The highest BCUT2D eigenvalue weighted by Gasteiger charge is 2.12. The Balaban J connectivity index is 1.54. The van der Waals surface area contributed by atoms with Crippen LogP contribution in [0, 0.1) is 0 Å². The van der Waals surface area contributed by atoms with Crippen molar-refractivity contribution in [3.63, 3.8) is 0 Å². The molecule has 0 amide bonds. The minimum atomic E-state index is -0.0665. The molecule has 4 rings (SSSR count). The lowest BCUT2D eigenvalue weighted by atomic mass is 10.2. The van der Waals surface area contributed by atoms with E-state index in [-0.39, 0.29) is 5.56 Å². The number of hydrogen-bond donors (Lipinski definition) is 0. The van der Waals surface area contributed by atoms with Crippen LogP contribution in [0.1, 0.15) is 5.89 Å². The first-order valence-electron chi connectivity index (χ1n) is 8.21. The Bertz CT molecular complexity index is 1150. The molecule has 0 N–H and O–H groups in total. The zero-order chi connectivity index (χ0) is 18.8. The van der Waals surface area contributed by atoms with Crippen molar-refractivity contribution in [2.75, 3.05) is 6.26 Å². The average Bonchev–Trinajstić information content (AvgIpc) is 3.19. The summed E-state index contributed by atoms with van der Waals surface area (Å²) in [7, 11) is 1.72. The van der Waals surface area contributed by atoms with E-state index in [9.17, 15) is 4.79 Å². The SMILES string of the molecule is CSc1ccc(-c2noc(CSc3nc4ccccc4c(=O)n3C)n2)cc1. The third-order valence-corrected chi connectivity index (χ3v) is 5.84. The Morgan fingerprint density at radius 2 is 1.85 bits per heavy atom. The zero-order valence-corrected chi connectivity index (χ0v) is 16.4. The van der Waals surface area contributed by atoms with Crippen molar-refractivity contribution >= 4 is 34.4 Å². The summed E-state index contributed by atoms with van der Waals surface area (Å²) in [5.41, 5.74) is 1.52. The van der Waals surface area contributed by atoms with E-state index in [2.05, 4.69) is 15.1 Å². The van der Waals surface area contributed by atoms with E-state index in [0.29, 0.717) is 33.5 Å². The summed E-state index contributed by atoms with van der Waals surface area (Å²) in [6.07, 6.45) is 2.03. The average molecular weight is 396 g/mol. The van der Waals surface area contributed by atoms with E-state index in [0.717, 1.165) is 5.56 Å². The monoisotopic (exact) mass is 396 g/mol. The largest absolute Gasteiger partial charge is 0.338 e. The Labute approximate surface area is 164 Å². The van der Waals surface area contributed by atoms with Gasteiger partial charge in [-0.1, -0.05) is 29.1 Å². The predicted molar refractivity (Wildman–Crippen MR) is 108 cm³/mol. The van der Waals surface area contributed by atoms with Gasteiger partial charge in [-0.15, -0.1) is 11.8 Å². The number of hydrogen-bond acceptors (Lipinski definition) is 7. The minimum Gasteiger partial charge on any atom is -0.338 e. The van der Waals surface area contributed by atoms with E-state index in [4.69, 9.17) is 4.52 Å². The Kier molecular flexibility index (Phi) is 5.00. The molecule has 2 heterocycles. The summed E-state index contributed by atoms with van der Waals surface area (Å²) in [6.45, 7) is 0. The summed E-state index contributed by atoms with van der Waals surface area (Å²) in [5.74, 6) is 1.49. The molecular formula is C19H16N4O2S2. The first-order valence-corrected chi connectivity index (χ1v) is 10.4. The van der Waals surface area contributed by atoms with E-state index in [1.807, 2.05) is 48.7 Å². The molecule has 0 spiro atoms. The first kappa shape index (κ1) is 17.8. The van der Waals surface area contributed by atoms with Gasteiger partial charge in [-0.25, -0.2) is 4.98 Å². The van der Waals surface area contributed by atoms with Crippen molar-refractivity contribution in [1.82, 2.24) is 19.7 Å². The fourth-order valence-electron chi connectivity index (χ4n) is 2.62. The smallest absolute Gasteiger partial charge is 0.261 e. The molecule has 136 valence electrons.